The van der Waals surface area contributed by atoms with E-state index in [1.54, 1.807) is 0 Å². The van der Waals surface area contributed by atoms with E-state index < -0.39 is 0 Å². The van der Waals surface area contributed by atoms with Crippen molar-refractivity contribution in [2.45, 2.75) is 31.6 Å². The SMILES string of the molecule is CN1CCC(CN2CCC(c3cc(Cc4ccccc4)[nH]n3)CC2)C1. The Hall–Kier alpha value is -1.65. The highest BCUT2D eigenvalue weighted by Gasteiger charge is 2.26. The van der Waals surface area contributed by atoms with Crippen LogP contribution in [0.3, 0.4) is 0 Å². The highest BCUT2D eigenvalue weighted by Crippen LogP contribution is 2.28. The lowest BCUT2D eigenvalue weighted by Gasteiger charge is -2.32. The maximum Gasteiger partial charge on any atom is 0.0656 e. The predicted molar refractivity (Wildman–Crippen MR) is 102 cm³/mol. The molecule has 1 atom stereocenters. The summed E-state index contributed by atoms with van der Waals surface area (Å²) in [5.41, 5.74) is 3.85. The molecule has 1 unspecified atom stereocenters. The van der Waals surface area contributed by atoms with Crippen molar-refractivity contribution in [2.75, 3.05) is 39.8 Å². The third-order valence-electron chi connectivity index (χ3n) is 5.90. The van der Waals surface area contributed by atoms with E-state index in [1.807, 2.05) is 0 Å². The Kier molecular flexibility index (Phi) is 5.18. The monoisotopic (exact) mass is 338 g/mol. The second kappa shape index (κ2) is 7.71. The van der Waals surface area contributed by atoms with Crippen molar-refractivity contribution < 1.29 is 0 Å². The molecule has 2 saturated heterocycles. The van der Waals surface area contributed by atoms with Gasteiger partial charge in [0.1, 0.15) is 0 Å². The summed E-state index contributed by atoms with van der Waals surface area (Å²) in [5.74, 6) is 1.51. The number of aromatic amines is 1. The van der Waals surface area contributed by atoms with Crippen LogP contribution in [0.1, 0.15) is 42.1 Å². The van der Waals surface area contributed by atoms with Crippen molar-refractivity contribution in [1.29, 1.82) is 0 Å². The molecule has 0 amide bonds. The number of likely N-dealkylation sites (tertiary alicyclic amines) is 2. The quantitative estimate of drug-likeness (QED) is 0.910. The Morgan fingerprint density at radius 2 is 1.88 bits per heavy atom. The van der Waals surface area contributed by atoms with Gasteiger partial charge in [-0.1, -0.05) is 30.3 Å². The van der Waals surface area contributed by atoms with Crippen LogP contribution in [-0.2, 0) is 6.42 Å². The number of piperidine rings is 1. The molecule has 134 valence electrons. The molecule has 0 bridgehead atoms. The van der Waals surface area contributed by atoms with Gasteiger partial charge in [0.2, 0.25) is 0 Å². The maximum absolute atomic E-state index is 4.62. The Balaban J connectivity index is 1.28. The van der Waals surface area contributed by atoms with Crippen LogP contribution in [0.25, 0.3) is 0 Å². The average molecular weight is 338 g/mol. The number of benzene rings is 1. The van der Waals surface area contributed by atoms with E-state index in [2.05, 4.69) is 63.4 Å². The lowest BCUT2D eigenvalue weighted by Crippen LogP contribution is -2.37. The first-order valence-electron chi connectivity index (χ1n) is 9.75. The molecule has 1 aromatic heterocycles. The van der Waals surface area contributed by atoms with Gasteiger partial charge in [0.25, 0.3) is 0 Å². The zero-order chi connectivity index (χ0) is 17.1. The zero-order valence-electron chi connectivity index (χ0n) is 15.3. The average Bonchev–Trinajstić information content (AvgIpc) is 3.26. The minimum atomic E-state index is 0.628. The van der Waals surface area contributed by atoms with Crippen molar-refractivity contribution in [3.05, 3.63) is 53.3 Å². The summed E-state index contributed by atoms with van der Waals surface area (Å²) >= 11 is 0. The second-order valence-electron chi connectivity index (χ2n) is 7.97. The Bertz CT molecular complexity index is 658. The first kappa shape index (κ1) is 16.8. The highest BCUT2D eigenvalue weighted by molar-refractivity contribution is 5.23. The molecule has 2 aliphatic heterocycles. The van der Waals surface area contributed by atoms with Crippen LogP contribution in [-0.4, -0.2) is 59.8 Å². The zero-order valence-corrected chi connectivity index (χ0v) is 15.3. The molecule has 2 fully saturated rings. The van der Waals surface area contributed by atoms with Gasteiger partial charge < -0.3 is 9.80 Å². The third kappa shape index (κ3) is 4.31. The Morgan fingerprint density at radius 3 is 2.60 bits per heavy atom. The molecule has 4 rings (SSSR count). The minimum Gasteiger partial charge on any atom is -0.306 e. The lowest BCUT2D eigenvalue weighted by molar-refractivity contribution is 0.182. The number of H-pyrrole nitrogens is 1. The van der Waals surface area contributed by atoms with Gasteiger partial charge in [0.05, 0.1) is 5.69 Å². The fourth-order valence-electron chi connectivity index (χ4n) is 4.45. The molecule has 2 aliphatic rings. The van der Waals surface area contributed by atoms with Crippen LogP contribution >= 0.6 is 0 Å². The fourth-order valence-corrected chi connectivity index (χ4v) is 4.45. The van der Waals surface area contributed by atoms with Crippen molar-refractivity contribution in [2.24, 2.45) is 5.92 Å². The van der Waals surface area contributed by atoms with Crippen molar-refractivity contribution in [1.82, 2.24) is 20.0 Å². The summed E-state index contributed by atoms with van der Waals surface area (Å²) in [6.45, 7) is 6.30. The predicted octanol–water partition coefficient (Wildman–Crippen LogP) is 3.13. The van der Waals surface area contributed by atoms with E-state index in [0.717, 1.165) is 12.3 Å². The summed E-state index contributed by atoms with van der Waals surface area (Å²) in [7, 11) is 2.25. The summed E-state index contributed by atoms with van der Waals surface area (Å²) in [6.07, 6.45) is 4.82. The molecular formula is C21H30N4. The first-order valence-corrected chi connectivity index (χ1v) is 9.75. The largest absolute Gasteiger partial charge is 0.306 e. The van der Waals surface area contributed by atoms with Crippen molar-refractivity contribution >= 4 is 0 Å². The molecule has 3 heterocycles. The Labute approximate surface area is 151 Å². The van der Waals surface area contributed by atoms with E-state index in [0.29, 0.717) is 5.92 Å². The number of hydrogen-bond acceptors (Lipinski definition) is 3. The Morgan fingerprint density at radius 1 is 1.08 bits per heavy atom. The van der Waals surface area contributed by atoms with E-state index in [1.165, 1.54) is 68.9 Å². The molecule has 1 N–H and O–H groups in total. The standard InChI is InChI=1S/C21H30N4/c1-24-10-7-18(15-24)16-25-11-8-19(9-12-25)21-14-20(22-23-21)13-17-5-3-2-4-6-17/h2-6,14,18-19H,7-13,15-16H2,1H3,(H,22,23). The number of nitrogens with zero attached hydrogens (tertiary/aromatic N) is 3. The fraction of sp³-hybridized carbons (Fsp3) is 0.571. The molecule has 4 nitrogen and oxygen atoms in total. The molecule has 4 heteroatoms. The summed E-state index contributed by atoms with van der Waals surface area (Å²) < 4.78 is 0. The van der Waals surface area contributed by atoms with E-state index in [9.17, 15) is 0 Å². The molecule has 25 heavy (non-hydrogen) atoms. The smallest absolute Gasteiger partial charge is 0.0656 e. The van der Waals surface area contributed by atoms with Gasteiger partial charge in [0, 0.05) is 31.1 Å². The number of nitrogens with one attached hydrogen (secondary N) is 1. The lowest BCUT2D eigenvalue weighted by atomic mass is 9.92. The summed E-state index contributed by atoms with van der Waals surface area (Å²) in [6, 6.07) is 12.9. The number of hydrogen-bond donors (Lipinski definition) is 1. The van der Waals surface area contributed by atoms with Gasteiger partial charge >= 0.3 is 0 Å². The molecule has 0 spiro atoms. The van der Waals surface area contributed by atoms with Gasteiger partial charge in [-0.3, -0.25) is 5.10 Å². The maximum atomic E-state index is 4.62. The van der Waals surface area contributed by atoms with Gasteiger partial charge in [-0.05, 0) is 63.5 Å². The molecule has 0 saturated carbocycles. The first-order chi connectivity index (χ1) is 12.3. The molecule has 0 aliphatic carbocycles. The van der Waals surface area contributed by atoms with Crippen LogP contribution in [0.4, 0.5) is 0 Å². The van der Waals surface area contributed by atoms with Crippen LogP contribution in [0.2, 0.25) is 0 Å². The van der Waals surface area contributed by atoms with Gasteiger partial charge in [-0.15, -0.1) is 0 Å². The number of rotatable bonds is 5. The van der Waals surface area contributed by atoms with E-state index >= 15 is 0 Å². The topological polar surface area (TPSA) is 35.2 Å². The number of aromatic nitrogens is 2. The van der Waals surface area contributed by atoms with Crippen molar-refractivity contribution in [3.63, 3.8) is 0 Å². The summed E-state index contributed by atoms with van der Waals surface area (Å²) in [5, 5.41) is 7.88. The minimum absolute atomic E-state index is 0.628. The van der Waals surface area contributed by atoms with E-state index in [4.69, 9.17) is 0 Å². The normalized spacial score (nSPS) is 23.3. The van der Waals surface area contributed by atoms with Gasteiger partial charge in [-0.25, -0.2) is 0 Å². The van der Waals surface area contributed by atoms with E-state index in [-0.39, 0.29) is 0 Å². The van der Waals surface area contributed by atoms with Gasteiger partial charge in [0.15, 0.2) is 0 Å². The van der Waals surface area contributed by atoms with Gasteiger partial charge in [-0.2, -0.15) is 5.10 Å². The molecule has 0 radical (unpaired) electrons. The van der Waals surface area contributed by atoms with Crippen LogP contribution in [0.5, 0.6) is 0 Å². The highest BCUT2D eigenvalue weighted by atomic mass is 15.2. The molecule has 1 aromatic carbocycles. The third-order valence-corrected chi connectivity index (χ3v) is 5.90. The molecular weight excluding hydrogens is 308 g/mol. The van der Waals surface area contributed by atoms with Crippen LogP contribution < -0.4 is 0 Å². The molecule has 2 aromatic rings. The van der Waals surface area contributed by atoms with Crippen LogP contribution in [0.15, 0.2) is 36.4 Å². The second-order valence-corrected chi connectivity index (χ2v) is 7.97. The van der Waals surface area contributed by atoms with Crippen molar-refractivity contribution in [3.8, 4) is 0 Å². The summed E-state index contributed by atoms with van der Waals surface area (Å²) in [4.78, 5) is 5.15. The van der Waals surface area contributed by atoms with Crippen LogP contribution in [0, 0.1) is 5.92 Å².